The van der Waals surface area contributed by atoms with Crippen LogP contribution in [0.1, 0.15) is 45.7 Å². The van der Waals surface area contributed by atoms with E-state index in [9.17, 15) is 18.0 Å². The molecule has 8 heteroatoms. The lowest BCUT2D eigenvalue weighted by molar-refractivity contribution is 0.0512. The van der Waals surface area contributed by atoms with Crippen molar-refractivity contribution in [1.29, 1.82) is 0 Å². The molecule has 28 heavy (non-hydrogen) atoms. The van der Waals surface area contributed by atoms with Gasteiger partial charge in [-0.1, -0.05) is 6.07 Å². The molecule has 150 valence electrons. The van der Waals surface area contributed by atoms with E-state index >= 15 is 0 Å². The van der Waals surface area contributed by atoms with Crippen LogP contribution in [0.4, 0.5) is 5.69 Å². The van der Waals surface area contributed by atoms with Crippen molar-refractivity contribution in [2.24, 2.45) is 0 Å². The zero-order chi connectivity index (χ0) is 20.9. The summed E-state index contributed by atoms with van der Waals surface area (Å²) in [6, 6.07) is 8.70. The minimum atomic E-state index is -3.99. The van der Waals surface area contributed by atoms with Gasteiger partial charge < -0.3 is 9.47 Å². The first-order chi connectivity index (χ1) is 13.2. The molecule has 2 rings (SSSR count). The zero-order valence-corrected chi connectivity index (χ0v) is 17.1. The van der Waals surface area contributed by atoms with Crippen molar-refractivity contribution in [3.05, 3.63) is 58.7 Å². The van der Waals surface area contributed by atoms with Crippen LogP contribution in [0.15, 0.2) is 41.3 Å². The number of hydrogen-bond donors (Lipinski definition) is 1. The maximum absolute atomic E-state index is 12.8. The van der Waals surface area contributed by atoms with Crippen LogP contribution in [0.25, 0.3) is 0 Å². The molecule has 2 aromatic rings. The van der Waals surface area contributed by atoms with Crippen molar-refractivity contribution >= 4 is 27.6 Å². The summed E-state index contributed by atoms with van der Waals surface area (Å²) in [5.41, 5.74) is 1.83. The van der Waals surface area contributed by atoms with Crippen molar-refractivity contribution in [2.45, 2.75) is 32.6 Å². The first-order valence-corrected chi connectivity index (χ1v) is 10.3. The summed E-state index contributed by atoms with van der Waals surface area (Å²) in [7, 11) is -3.99. The van der Waals surface area contributed by atoms with Gasteiger partial charge in [0.05, 0.1) is 34.9 Å². The van der Waals surface area contributed by atoms with Crippen molar-refractivity contribution < 1.29 is 27.5 Å². The van der Waals surface area contributed by atoms with Gasteiger partial charge in [-0.25, -0.2) is 18.0 Å². The summed E-state index contributed by atoms with van der Waals surface area (Å²) in [5, 5.41) is 0. The number of benzene rings is 2. The number of sulfonamides is 1. The largest absolute Gasteiger partial charge is 0.462 e. The fraction of sp³-hybridized carbons (Fsp3) is 0.300. The van der Waals surface area contributed by atoms with Crippen molar-refractivity contribution in [1.82, 2.24) is 0 Å². The fourth-order valence-electron chi connectivity index (χ4n) is 2.44. The number of esters is 2. The van der Waals surface area contributed by atoms with Crippen LogP contribution in [0.2, 0.25) is 0 Å². The van der Waals surface area contributed by atoms with Gasteiger partial charge in [-0.2, -0.15) is 0 Å². The van der Waals surface area contributed by atoms with Gasteiger partial charge in [-0.3, -0.25) is 4.72 Å². The van der Waals surface area contributed by atoms with Gasteiger partial charge in [0.25, 0.3) is 10.0 Å². The van der Waals surface area contributed by atoms with Crippen LogP contribution in [-0.4, -0.2) is 33.6 Å². The van der Waals surface area contributed by atoms with E-state index in [4.69, 9.17) is 9.47 Å². The summed E-state index contributed by atoms with van der Waals surface area (Å²) < 4.78 is 38.0. The molecular weight excluding hydrogens is 382 g/mol. The lowest BCUT2D eigenvalue weighted by Gasteiger charge is -2.14. The van der Waals surface area contributed by atoms with Gasteiger partial charge in [0.2, 0.25) is 0 Å². The first-order valence-electron chi connectivity index (χ1n) is 8.78. The van der Waals surface area contributed by atoms with Crippen molar-refractivity contribution in [3.63, 3.8) is 0 Å². The number of rotatable bonds is 7. The molecule has 0 aliphatic heterocycles. The Hall–Kier alpha value is -2.87. The van der Waals surface area contributed by atoms with Crippen LogP contribution in [0.5, 0.6) is 0 Å². The lowest BCUT2D eigenvalue weighted by atomic mass is 10.1. The molecule has 0 spiro atoms. The Morgan fingerprint density at radius 2 is 1.54 bits per heavy atom. The Bertz CT molecular complexity index is 998. The minimum Gasteiger partial charge on any atom is -0.462 e. The van der Waals surface area contributed by atoms with Crippen LogP contribution >= 0.6 is 0 Å². The maximum atomic E-state index is 12.8. The third-order valence-electron chi connectivity index (χ3n) is 4.06. The monoisotopic (exact) mass is 405 g/mol. The molecule has 0 fully saturated rings. The van der Waals surface area contributed by atoms with E-state index in [-0.39, 0.29) is 34.9 Å². The zero-order valence-electron chi connectivity index (χ0n) is 16.2. The molecule has 0 saturated heterocycles. The normalized spacial score (nSPS) is 11.0. The summed E-state index contributed by atoms with van der Waals surface area (Å²) in [6.45, 7) is 7.28. The molecule has 0 atom stereocenters. The summed E-state index contributed by atoms with van der Waals surface area (Å²) in [4.78, 5) is 24.3. The average molecular weight is 405 g/mol. The molecule has 0 unspecified atom stereocenters. The molecule has 0 saturated carbocycles. The highest BCUT2D eigenvalue weighted by atomic mass is 32.2. The van der Waals surface area contributed by atoms with Gasteiger partial charge in [0.1, 0.15) is 0 Å². The molecule has 0 aliphatic carbocycles. The molecule has 0 amide bonds. The van der Waals surface area contributed by atoms with Crippen molar-refractivity contribution in [3.8, 4) is 0 Å². The third-order valence-corrected chi connectivity index (χ3v) is 5.42. The predicted molar refractivity (Wildman–Crippen MR) is 105 cm³/mol. The van der Waals surface area contributed by atoms with Gasteiger partial charge >= 0.3 is 11.9 Å². The fourth-order valence-corrected chi connectivity index (χ4v) is 3.60. The molecule has 2 aromatic carbocycles. The van der Waals surface area contributed by atoms with Gasteiger partial charge in [0.15, 0.2) is 0 Å². The third kappa shape index (κ3) is 4.89. The van der Waals surface area contributed by atoms with E-state index in [0.29, 0.717) is 0 Å². The second-order valence-corrected chi connectivity index (χ2v) is 7.74. The smallest absolute Gasteiger partial charge is 0.340 e. The topological polar surface area (TPSA) is 98.8 Å². The van der Waals surface area contributed by atoms with Crippen LogP contribution in [-0.2, 0) is 19.5 Å². The quantitative estimate of drug-likeness (QED) is 0.709. The molecule has 0 radical (unpaired) electrons. The van der Waals surface area contributed by atoms with Crippen LogP contribution in [0, 0.1) is 13.8 Å². The number of carbonyl (C=O) groups excluding carboxylic acids is 2. The first kappa shape index (κ1) is 21.4. The average Bonchev–Trinajstić information content (AvgIpc) is 2.63. The summed E-state index contributed by atoms with van der Waals surface area (Å²) in [6.07, 6.45) is 0. The SMILES string of the molecule is CCOC(=O)c1ccc(C(=O)OCC)c(NS(=O)(=O)c2ccc(C)c(C)c2)c1. The molecular formula is C20H23NO6S. The Morgan fingerprint density at radius 3 is 2.14 bits per heavy atom. The lowest BCUT2D eigenvalue weighted by Crippen LogP contribution is -2.18. The molecule has 0 heterocycles. The van der Waals surface area contributed by atoms with E-state index in [0.717, 1.165) is 11.1 Å². The van der Waals surface area contributed by atoms with E-state index in [1.165, 1.54) is 30.3 Å². The Morgan fingerprint density at radius 1 is 0.893 bits per heavy atom. The maximum Gasteiger partial charge on any atom is 0.340 e. The summed E-state index contributed by atoms with van der Waals surface area (Å²) in [5.74, 6) is -1.32. The summed E-state index contributed by atoms with van der Waals surface area (Å²) >= 11 is 0. The number of anilines is 1. The van der Waals surface area contributed by atoms with Gasteiger partial charge in [-0.05, 0) is 69.2 Å². The molecule has 7 nitrogen and oxygen atoms in total. The molecule has 0 aromatic heterocycles. The Balaban J connectivity index is 2.50. The number of hydrogen-bond acceptors (Lipinski definition) is 6. The predicted octanol–water partition coefficient (Wildman–Crippen LogP) is 3.46. The molecule has 0 bridgehead atoms. The number of nitrogens with one attached hydrogen (secondary N) is 1. The Labute approximate surface area is 164 Å². The molecule has 0 aliphatic rings. The number of ether oxygens (including phenoxy) is 2. The van der Waals surface area contributed by atoms with Crippen molar-refractivity contribution in [2.75, 3.05) is 17.9 Å². The van der Waals surface area contributed by atoms with E-state index < -0.39 is 22.0 Å². The highest BCUT2D eigenvalue weighted by Crippen LogP contribution is 2.24. The second kappa shape index (κ2) is 8.88. The van der Waals surface area contributed by atoms with E-state index in [2.05, 4.69) is 4.72 Å². The second-order valence-electron chi connectivity index (χ2n) is 6.05. The van der Waals surface area contributed by atoms with Gasteiger partial charge in [-0.15, -0.1) is 0 Å². The van der Waals surface area contributed by atoms with Crippen LogP contribution < -0.4 is 4.72 Å². The molecule has 1 N–H and O–H groups in total. The van der Waals surface area contributed by atoms with Gasteiger partial charge in [0, 0.05) is 0 Å². The highest BCUT2D eigenvalue weighted by Gasteiger charge is 2.22. The van der Waals surface area contributed by atoms with E-state index in [1.807, 2.05) is 6.92 Å². The standard InChI is InChI=1S/C20H23NO6S/c1-5-26-19(22)15-8-10-17(20(23)27-6-2)18(12-15)21-28(24,25)16-9-7-13(3)14(4)11-16/h7-12,21H,5-6H2,1-4H3. The van der Waals surface area contributed by atoms with E-state index in [1.54, 1.807) is 26.8 Å². The number of carbonyl (C=O) groups is 2. The Kier molecular flexibility index (Phi) is 6.80. The highest BCUT2D eigenvalue weighted by molar-refractivity contribution is 7.92. The number of aryl methyl sites for hydroxylation is 2. The minimum absolute atomic E-state index is 0.00214. The van der Waals surface area contributed by atoms with Crippen LogP contribution in [0.3, 0.4) is 0 Å².